The quantitative estimate of drug-likeness (QED) is 0.662. The van der Waals surface area contributed by atoms with E-state index < -0.39 is 23.5 Å². The summed E-state index contributed by atoms with van der Waals surface area (Å²) in [6, 6.07) is 0. The van der Waals surface area contributed by atoms with Crippen LogP contribution in [0.15, 0.2) is 0 Å². The average Bonchev–Trinajstić information content (AvgIpc) is 2.11. The van der Waals surface area contributed by atoms with Crippen LogP contribution in [0, 0.1) is 11.8 Å². The fraction of sp³-hybridized carbons (Fsp3) is 0.800. The summed E-state index contributed by atoms with van der Waals surface area (Å²) in [6.45, 7) is 4.81. The Morgan fingerprint density at radius 3 is 2.13 bits per heavy atom. The summed E-state index contributed by atoms with van der Waals surface area (Å²) < 4.78 is 4.38. The molecule has 0 bridgehead atoms. The first-order chi connectivity index (χ1) is 6.73. The maximum absolute atomic E-state index is 11.2. The van der Waals surface area contributed by atoms with Gasteiger partial charge >= 0.3 is 11.9 Å². The number of hydrogen-bond donors (Lipinski definition) is 2. The lowest BCUT2D eigenvalue weighted by Gasteiger charge is -2.28. The third-order valence-electron chi connectivity index (χ3n) is 2.28. The smallest absolute Gasteiger partial charge is 0.338 e. The zero-order chi connectivity index (χ0) is 12.2. The Morgan fingerprint density at radius 1 is 1.40 bits per heavy atom. The van der Waals surface area contributed by atoms with E-state index in [1.807, 2.05) is 13.8 Å². The molecule has 5 nitrogen and oxygen atoms in total. The molecule has 0 aliphatic heterocycles. The van der Waals surface area contributed by atoms with Crippen LogP contribution in [-0.4, -0.2) is 34.9 Å². The van der Waals surface area contributed by atoms with Gasteiger partial charge in [0.1, 0.15) is 0 Å². The van der Waals surface area contributed by atoms with Gasteiger partial charge in [0.15, 0.2) is 5.60 Å². The van der Waals surface area contributed by atoms with Gasteiger partial charge in [-0.25, -0.2) is 4.79 Å². The van der Waals surface area contributed by atoms with Crippen LogP contribution in [0.4, 0.5) is 0 Å². The van der Waals surface area contributed by atoms with Crippen LogP contribution < -0.4 is 0 Å². The fourth-order valence-electron chi connectivity index (χ4n) is 1.39. The lowest BCUT2D eigenvalue weighted by Crippen LogP contribution is -2.47. The zero-order valence-corrected chi connectivity index (χ0v) is 9.48. The van der Waals surface area contributed by atoms with E-state index in [0.717, 1.165) is 7.11 Å². The van der Waals surface area contributed by atoms with Gasteiger partial charge in [-0.2, -0.15) is 0 Å². The Labute approximate surface area is 89.0 Å². The third kappa shape index (κ3) is 3.51. The molecular weight excluding hydrogens is 200 g/mol. The van der Waals surface area contributed by atoms with E-state index in [-0.39, 0.29) is 12.3 Å². The Hall–Kier alpha value is -1.10. The molecule has 0 rings (SSSR count). The molecule has 0 aromatic rings. The molecule has 0 saturated heterocycles. The molecule has 0 heterocycles. The number of carbonyl (C=O) groups is 2. The van der Waals surface area contributed by atoms with Crippen molar-refractivity contribution < 1.29 is 24.5 Å². The molecule has 0 saturated carbocycles. The second-order valence-electron chi connectivity index (χ2n) is 4.16. The molecule has 15 heavy (non-hydrogen) atoms. The van der Waals surface area contributed by atoms with Gasteiger partial charge in [0.05, 0.1) is 13.0 Å². The molecule has 0 aliphatic carbocycles. The van der Waals surface area contributed by atoms with Crippen molar-refractivity contribution in [2.24, 2.45) is 11.8 Å². The second-order valence-corrected chi connectivity index (χ2v) is 4.16. The van der Waals surface area contributed by atoms with Crippen molar-refractivity contribution in [2.75, 3.05) is 7.11 Å². The van der Waals surface area contributed by atoms with Crippen LogP contribution in [0.5, 0.6) is 0 Å². The highest BCUT2D eigenvalue weighted by atomic mass is 16.5. The van der Waals surface area contributed by atoms with Crippen LogP contribution in [-0.2, 0) is 14.3 Å². The molecule has 0 amide bonds. The maximum Gasteiger partial charge on any atom is 0.338 e. The van der Waals surface area contributed by atoms with E-state index in [0.29, 0.717) is 0 Å². The topological polar surface area (TPSA) is 83.8 Å². The monoisotopic (exact) mass is 218 g/mol. The molecule has 2 N–H and O–H groups in total. The highest BCUT2D eigenvalue weighted by Crippen LogP contribution is 2.25. The van der Waals surface area contributed by atoms with Crippen LogP contribution in [0.3, 0.4) is 0 Å². The molecular formula is C10H18O5. The van der Waals surface area contributed by atoms with Gasteiger partial charge < -0.3 is 14.9 Å². The molecule has 5 heteroatoms. The van der Waals surface area contributed by atoms with E-state index in [4.69, 9.17) is 5.11 Å². The predicted octanol–water partition coefficient (Wildman–Crippen LogP) is 0.657. The van der Waals surface area contributed by atoms with Gasteiger partial charge in [-0.3, -0.25) is 4.79 Å². The lowest BCUT2D eigenvalue weighted by molar-refractivity contribution is -0.175. The van der Waals surface area contributed by atoms with E-state index in [2.05, 4.69) is 4.74 Å². The van der Waals surface area contributed by atoms with Crippen molar-refractivity contribution in [3.05, 3.63) is 0 Å². The normalized spacial score (nSPS) is 16.9. The minimum Gasteiger partial charge on any atom is -0.481 e. The Bertz CT molecular complexity index is 244. The molecule has 2 unspecified atom stereocenters. The third-order valence-corrected chi connectivity index (χ3v) is 2.28. The summed E-state index contributed by atoms with van der Waals surface area (Å²) in [4.78, 5) is 22.2. The van der Waals surface area contributed by atoms with E-state index in [1.165, 1.54) is 6.92 Å². The molecule has 0 spiro atoms. The van der Waals surface area contributed by atoms with Gasteiger partial charge in [0, 0.05) is 0 Å². The molecule has 2 atom stereocenters. The van der Waals surface area contributed by atoms with Gasteiger partial charge in [-0.15, -0.1) is 0 Å². The van der Waals surface area contributed by atoms with Gasteiger partial charge in [0.25, 0.3) is 0 Å². The van der Waals surface area contributed by atoms with Crippen molar-refractivity contribution in [1.29, 1.82) is 0 Å². The van der Waals surface area contributed by atoms with Crippen LogP contribution in [0.25, 0.3) is 0 Å². The Morgan fingerprint density at radius 2 is 1.87 bits per heavy atom. The maximum atomic E-state index is 11.2. The average molecular weight is 218 g/mol. The molecule has 88 valence electrons. The van der Waals surface area contributed by atoms with Gasteiger partial charge in [0.2, 0.25) is 0 Å². The summed E-state index contributed by atoms with van der Waals surface area (Å²) in [5.74, 6) is -3.19. The number of methoxy groups -OCH3 is 1. The van der Waals surface area contributed by atoms with Crippen LogP contribution in [0.2, 0.25) is 0 Å². The highest BCUT2D eigenvalue weighted by Gasteiger charge is 2.44. The number of hydrogen-bond acceptors (Lipinski definition) is 4. The summed E-state index contributed by atoms with van der Waals surface area (Å²) in [5.41, 5.74) is -1.98. The number of esters is 1. The number of ether oxygens (including phenoxy) is 1. The fourth-order valence-corrected chi connectivity index (χ4v) is 1.39. The highest BCUT2D eigenvalue weighted by molar-refractivity contribution is 5.86. The SMILES string of the molecule is COC(=O)C(C)(O)C(CC(C)C)C(=O)O. The molecule has 0 fully saturated rings. The van der Waals surface area contributed by atoms with Crippen molar-refractivity contribution in [1.82, 2.24) is 0 Å². The van der Waals surface area contributed by atoms with E-state index in [1.54, 1.807) is 0 Å². The first-order valence-electron chi connectivity index (χ1n) is 4.77. The number of carboxylic acids is 1. The Kier molecular flexibility index (Phi) is 4.74. The van der Waals surface area contributed by atoms with Crippen LogP contribution >= 0.6 is 0 Å². The zero-order valence-electron chi connectivity index (χ0n) is 9.48. The predicted molar refractivity (Wildman–Crippen MR) is 53.2 cm³/mol. The standard InChI is InChI=1S/C10H18O5/c1-6(2)5-7(8(11)12)10(3,14)9(13)15-4/h6-7,14H,5H2,1-4H3,(H,11,12). The van der Waals surface area contributed by atoms with Crippen molar-refractivity contribution in [3.8, 4) is 0 Å². The largest absolute Gasteiger partial charge is 0.481 e. The number of aliphatic hydroxyl groups is 1. The summed E-state index contributed by atoms with van der Waals surface area (Å²) in [7, 11) is 1.12. The van der Waals surface area contributed by atoms with Gasteiger partial charge in [-0.05, 0) is 19.3 Å². The Balaban J connectivity index is 4.89. The van der Waals surface area contributed by atoms with Crippen molar-refractivity contribution in [2.45, 2.75) is 32.8 Å². The van der Waals surface area contributed by atoms with Crippen molar-refractivity contribution in [3.63, 3.8) is 0 Å². The molecule has 0 aromatic carbocycles. The lowest BCUT2D eigenvalue weighted by atomic mass is 9.83. The number of carbonyl (C=O) groups excluding carboxylic acids is 1. The van der Waals surface area contributed by atoms with E-state index >= 15 is 0 Å². The molecule has 0 radical (unpaired) electrons. The first kappa shape index (κ1) is 13.9. The summed E-state index contributed by atoms with van der Waals surface area (Å²) in [5, 5.41) is 18.7. The summed E-state index contributed by atoms with van der Waals surface area (Å²) in [6.07, 6.45) is 0.220. The minimum atomic E-state index is -1.98. The summed E-state index contributed by atoms with van der Waals surface area (Å²) >= 11 is 0. The first-order valence-corrected chi connectivity index (χ1v) is 4.77. The number of carboxylic acid groups (broad SMARTS) is 1. The number of rotatable bonds is 5. The van der Waals surface area contributed by atoms with Crippen molar-refractivity contribution >= 4 is 11.9 Å². The number of aliphatic carboxylic acids is 1. The second kappa shape index (κ2) is 5.11. The molecule has 0 aliphatic rings. The van der Waals surface area contributed by atoms with Gasteiger partial charge in [-0.1, -0.05) is 13.8 Å². The van der Waals surface area contributed by atoms with Crippen LogP contribution in [0.1, 0.15) is 27.2 Å². The van der Waals surface area contributed by atoms with E-state index in [9.17, 15) is 14.7 Å². The molecule has 0 aromatic heterocycles. The minimum absolute atomic E-state index is 0.0715.